The largest absolute Gasteiger partial charge is 0.354 e. The molecule has 7 nitrogen and oxygen atoms in total. The number of amides is 4. The topological polar surface area (TPSA) is 86.8 Å². The Bertz CT molecular complexity index is 1320. The number of hydrogen-bond acceptors (Lipinski definition) is 4. The Morgan fingerprint density at radius 3 is 2.15 bits per heavy atom. The van der Waals surface area contributed by atoms with Gasteiger partial charge in [0.15, 0.2) is 0 Å². The van der Waals surface area contributed by atoms with E-state index in [0.717, 1.165) is 29.5 Å². The zero-order valence-corrected chi connectivity index (χ0v) is 23.3. The van der Waals surface area contributed by atoms with Crippen LogP contribution in [0.3, 0.4) is 0 Å². The number of nitrogens with zero attached hydrogens (tertiary/aromatic N) is 2. The van der Waals surface area contributed by atoms with Crippen LogP contribution >= 0.6 is 0 Å². The number of rotatable bonds is 13. The van der Waals surface area contributed by atoms with Crippen LogP contribution in [0, 0.1) is 6.92 Å². The molecule has 0 fully saturated rings. The zero-order valence-electron chi connectivity index (χ0n) is 23.3. The lowest BCUT2D eigenvalue weighted by atomic mass is 10.0. The van der Waals surface area contributed by atoms with E-state index >= 15 is 0 Å². The summed E-state index contributed by atoms with van der Waals surface area (Å²) in [6.45, 7) is 5.04. The first-order chi connectivity index (χ1) is 19.4. The van der Waals surface area contributed by atoms with Gasteiger partial charge in [-0.1, -0.05) is 85.6 Å². The number of nitrogens with one attached hydrogen (secondary N) is 1. The molecule has 0 radical (unpaired) electrons. The Kier molecular flexibility index (Phi) is 9.84. The van der Waals surface area contributed by atoms with Gasteiger partial charge in [0.1, 0.15) is 6.04 Å². The van der Waals surface area contributed by atoms with Crippen molar-refractivity contribution in [2.75, 3.05) is 13.1 Å². The Labute approximate surface area is 236 Å². The molecule has 208 valence electrons. The van der Waals surface area contributed by atoms with Gasteiger partial charge in [-0.3, -0.25) is 24.1 Å². The summed E-state index contributed by atoms with van der Waals surface area (Å²) in [5.41, 5.74) is 3.76. The van der Waals surface area contributed by atoms with Gasteiger partial charge in [0, 0.05) is 32.5 Å². The van der Waals surface area contributed by atoms with Gasteiger partial charge in [0.25, 0.3) is 11.8 Å². The molecule has 4 amide bonds. The Balaban J connectivity index is 1.53. The van der Waals surface area contributed by atoms with Crippen molar-refractivity contribution in [1.82, 2.24) is 15.1 Å². The van der Waals surface area contributed by atoms with Crippen LogP contribution in [-0.2, 0) is 22.6 Å². The summed E-state index contributed by atoms with van der Waals surface area (Å²) in [7, 11) is 0. The minimum atomic E-state index is -0.702. The first-order valence-corrected chi connectivity index (χ1v) is 14.0. The van der Waals surface area contributed by atoms with Crippen molar-refractivity contribution in [1.29, 1.82) is 0 Å². The second kappa shape index (κ2) is 13.7. The van der Waals surface area contributed by atoms with Crippen molar-refractivity contribution < 1.29 is 19.2 Å². The van der Waals surface area contributed by atoms with E-state index in [1.54, 1.807) is 29.2 Å². The highest BCUT2D eigenvalue weighted by atomic mass is 16.2. The maximum absolute atomic E-state index is 13.8. The summed E-state index contributed by atoms with van der Waals surface area (Å²) in [6, 6.07) is 23.7. The van der Waals surface area contributed by atoms with E-state index in [9.17, 15) is 19.2 Å². The van der Waals surface area contributed by atoms with Crippen LogP contribution in [0.5, 0.6) is 0 Å². The molecule has 1 unspecified atom stereocenters. The van der Waals surface area contributed by atoms with Crippen molar-refractivity contribution in [2.45, 2.75) is 58.5 Å². The Morgan fingerprint density at radius 2 is 1.50 bits per heavy atom. The van der Waals surface area contributed by atoms with Crippen LogP contribution in [0.25, 0.3) is 0 Å². The molecule has 0 spiro atoms. The van der Waals surface area contributed by atoms with E-state index in [2.05, 4.69) is 12.2 Å². The van der Waals surface area contributed by atoms with Crippen molar-refractivity contribution in [3.8, 4) is 0 Å². The number of hydrogen-bond donors (Lipinski definition) is 1. The molecule has 1 N–H and O–H groups in total. The molecule has 40 heavy (non-hydrogen) atoms. The number of carbonyl (C=O) groups excluding carboxylic acids is 4. The third kappa shape index (κ3) is 7.03. The van der Waals surface area contributed by atoms with Gasteiger partial charge < -0.3 is 10.2 Å². The highest BCUT2D eigenvalue weighted by Crippen LogP contribution is 2.23. The standard InChI is InChI=1S/C33H37N3O4/c1-3-4-19-34-31(38)29(22-25-13-6-5-7-14-25)36(23-26-15-10-12-24(2)21-26)30(37)18-11-20-35-32(39)27-16-8-9-17-28(27)33(35)40/h5-10,12-17,21,29H,3-4,11,18-20,22-23H2,1-2H3,(H,34,38). The van der Waals surface area contributed by atoms with Crippen LogP contribution < -0.4 is 5.32 Å². The maximum atomic E-state index is 13.8. The minimum Gasteiger partial charge on any atom is -0.354 e. The smallest absolute Gasteiger partial charge is 0.261 e. The molecule has 0 bridgehead atoms. The minimum absolute atomic E-state index is 0.104. The third-order valence-electron chi connectivity index (χ3n) is 7.19. The lowest BCUT2D eigenvalue weighted by molar-refractivity contribution is -0.141. The second-order valence-electron chi connectivity index (χ2n) is 10.3. The van der Waals surface area contributed by atoms with E-state index in [0.29, 0.717) is 30.5 Å². The number of benzene rings is 3. The lowest BCUT2D eigenvalue weighted by Crippen LogP contribution is -2.50. The van der Waals surface area contributed by atoms with Gasteiger partial charge in [0.2, 0.25) is 11.8 Å². The first kappa shape index (κ1) is 28.7. The fraction of sp³-hybridized carbons (Fsp3) is 0.333. The van der Waals surface area contributed by atoms with Gasteiger partial charge in [-0.25, -0.2) is 0 Å². The van der Waals surface area contributed by atoms with Crippen molar-refractivity contribution in [2.24, 2.45) is 0 Å². The maximum Gasteiger partial charge on any atom is 0.261 e. The number of unbranched alkanes of at least 4 members (excludes halogenated alkanes) is 1. The molecule has 0 saturated carbocycles. The Morgan fingerprint density at radius 1 is 0.850 bits per heavy atom. The van der Waals surface area contributed by atoms with Gasteiger partial charge in [0.05, 0.1) is 11.1 Å². The predicted octanol–water partition coefficient (Wildman–Crippen LogP) is 4.93. The second-order valence-corrected chi connectivity index (χ2v) is 10.3. The number of aryl methyl sites for hydroxylation is 1. The first-order valence-electron chi connectivity index (χ1n) is 14.0. The molecule has 0 aromatic heterocycles. The van der Waals surface area contributed by atoms with Gasteiger partial charge in [-0.15, -0.1) is 0 Å². The highest BCUT2D eigenvalue weighted by Gasteiger charge is 2.35. The molecule has 3 aromatic carbocycles. The Hall–Kier alpha value is -4.26. The summed E-state index contributed by atoms with van der Waals surface area (Å²) in [5, 5.41) is 3.03. The molecule has 1 heterocycles. The summed E-state index contributed by atoms with van der Waals surface area (Å²) >= 11 is 0. The number of fused-ring (bicyclic) bond motifs is 1. The number of imide groups is 1. The molecule has 0 aliphatic carbocycles. The monoisotopic (exact) mass is 539 g/mol. The molecule has 4 rings (SSSR count). The number of carbonyl (C=O) groups is 4. The fourth-order valence-corrected chi connectivity index (χ4v) is 5.04. The quantitative estimate of drug-likeness (QED) is 0.247. The van der Waals surface area contributed by atoms with Gasteiger partial charge >= 0.3 is 0 Å². The zero-order chi connectivity index (χ0) is 28.5. The van der Waals surface area contributed by atoms with E-state index in [1.807, 2.05) is 61.5 Å². The van der Waals surface area contributed by atoms with Crippen molar-refractivity contribution in [3.63, 3.8) is 0 Å². The fourth-order valence-electron chi connectivity index (χ4n) is 5.04. The van der Waals surface area contributed by atoms with Gasteiger partial charge in [-0.2, -0.15) is 0 Å². The molecule has 1 atom stereocenters. The molecular formula is C33H37N3O4. The molecule has 1 aliphatic heterocycles. The summed E-state index contributed by atoms with van der Waals surface area (Å²) in [4.78, 5) is 55.7. The third-order valence-corrected chi connectivity index (χ3v) is 7.19. The van der Waals surface area contributed by atoms with Crippen molar-refractivity contribution in [3.05, 3.63) is 107 Å². The normalized spacial score (nSPS) is 13.2. The molecule has 7 heteroatoms. The molecule has 0 saturated heterocycles. The predicted molar refractivity (Wildman–Crippen MR) is 155 cm³/mol. The van der Waals surface area contributed by atoms with E-state index < -0.39 is 6.04 Å². The summed E-state index contributed by atoms with van der Waals surface area (Å²) in [6.07, 6.45) is 2.61. The summed E-state index contributed by atoms with van der Waals surface area (Å²) < 4.78 is 0. The van der Waals surface area contributed by atoms with Crippen LogP contribution in [0.4, 0.5) is 0 Å². The van der Waals surface area contributed by atoms with E-state index in [1.165, 1.54) is 4.90 Å². The average molecular weight is 540 g/mol. The van der Waals surface area contributed by atoms with E-state index in [4.69, 9.17) is 0 Å². The van der Waals surface area contributed by atoms with Crippen LogP contribution in [-0.4, -0.2) is 52.6 Å². The van der Waals surface area contributed by atoms with Gasteiger partial charge in [-0.05, 0) is 43.0 Å². The van der Waals surface area contributed by atoms with E-state index in [-0.39, 0.29) is 43.1 Å². The van der Waals surface area contributed by atoms with Crippen LogP contribution in [0.15, 0.2) is 78.9 Å². The van der Waals surface area contributed by atoms with Crippen molar-refractivity contribution >= 4 is 23.6 Å². The molecular weight excluding hydrogens is 502 g/mol. The lowest BCUT2D eigenvalue weighted by Gasteiger charge is -2.32. The molecule has 3 aromatic rings. The highest BCUT2D eigenvalue weighted by molar-refractivity contribution is 6.21. The SMILES string of the molecule is CCCCNC(=O)C(Cc1ccccc1)N(Cc1cccc(C)c1)C(=O)CCCN1C(=O)c2ccccc2C1=O. The summed E-state index contributed by atoms with van der Waals surface area (Å²) in [5.74, 6) is -1.04. The molecule has 1 aliphatic rings. The average Bonchev–Trinajstić information content (AvgIpc) is 3.20. The van der Waals surface area contributed by atoms with Crippen LogP contribution in [0.2, 0.25) is 0 Å². The van der Waals surface area contributed by atoms with Crippen LogP contribution in [0.1, 0.15) is 70.0 Å².